The molecule has 6 heteroatoms. The minimum Gasteiger partial charge on any atom is -0.495 e. The molecule has 0 atom stereocenters. The fourth-order valence-electron chi connectivity index (χ4n) is 2.45. The van der Waals surface area contributed by atoms with E-state index in [9.17, 15) is 4.39 Å². The second kappa shape index (κ2) is 11.0. The van der Waals surface area contributed by atoms with Crippen LogP contribution >= 0.6 is 11.9 Å². The molecule has 0 spiro atoms. The average Bonchev–Trinajstić information content (AvgIpc) is 3.16. The van der Waals surface area contributed by atoms with Crippen molar-refractivity contribution in [3.63, 3.8) is 0 Å². The molecule has 0 unspecified atom stereocenters. The standard InChI is InChI=1S/C20H20FN3OS.C2H2/c1-15-13-24(14-22-15)19-8-5-16(11-20(19)25-2)9-10-26-23-12-17-3-6-18(21)7-4-17;1-2/h3-11,13-14,23H,12H2,1-2H3;1-2H/b10-9+;. The second-order valence-electron chi connectivity index (χ2n) is 5.72. The molecule has 4 nitrogen and oxygen atoms in total. The first-order chi connectivity index (χ1) is 13.7. The minimum absolute atomic E-state index is 0.218. The van der Waals surface area contributed by atoms with Gasteiger partial charge in [-0.3, -0.25) is 4.72 Å². The summed E-state index contributed by atoms with van der Waals surface area (Å²) in [6.07, 6.45) is 13.7. The van der Waals surface area contributed by atoms with Crippen LogP contribution in [0.25, 0.3) is 11.8 Å². The van der Waals surface area contributed by atoms with Gasteiger partial charge < -0.3 is 9.30 Å². The van der Waals surface area contributed by atoms with Gasteiger partial charge in [0.25, 0.3) is 0 Å². The summed E-state index contributed by atoms with van der Waals surface area (Å²) in [4.78, 5) is 4.25. The lowest BCUT2D eigenvalue weighted by Gasteiger charge is -2.10. The molecule has 0 saturated heterocycles. The van der Waals surface area contributed by atoms with Gasteiger partial charge in [0, 0.05) is 12.7 Å². The first-order valence-electron chi connectivity index (χ1n) is 8.47. The van der Waals surface area contributed by atoms with Gasteiger partial charge >= 0.3 is 0 Å². The zero-order valence-electron chi connectivity index (χ0n) is 15.8. The minimum atomic E-state index is -0.218. The quantitative estimate of drug-likeness (QED) is 0.348. The number of aryl methyl sites for hydroxylation is 1. The highest BCUT2D eigenvalue weighted by atomic mass is 32.2. The van der Waals surface area contributed by atoms with Crippen molar-refractivity contribution < 1.29 is 9.13 Å². The van der Waals surface area contributed by atoms with Crippen molar-refractivity contribution in [1.29, 1.82) is 0 Å². The van der Waals surface area contributed by atoms with Gasteiger partial charge in [-0.2, -0.15) is 0 Å². The molecule has 0 fully saturated rings. The number of benzene rings is 2. The molecular weight excluding hydrogens is 373 g/mol. The van der Waals surface area contributed by atoms with E-state index in [0.29, 0.717) is 6.54 Å². The Balaban J connectivity index is 0.00000136. The SMILES string of the molecule is C#C.COc1cc(/C=C/SNCc2ccc(F)cc2)ccc1-n1cnc(C)c1. The molecule has 2 aromatic carbocycles. The smallest absolute Gasteiger partial charge is 0.143 e. The first-order valence-corrected chi connectivity index (χ1v) is 9.35. The van der Waals surface area contributed by atoms with Crippen molar-refractivity contribution in [2.24, 2.45) is 0 Å². The summed E-state index contributed by atoms with van der Waals surface area (Å²) in [7, 11) is 1.66. The summed E-state index contributed by atoms with van der Waals surface area (Å²) in [5.74, 6) is 0.568. The van der Waals surface area contributed by atoms with E-state index in [0.717, 1.165) is 28.3 Å². The maximum atomic E-state index is 12.9. The van der Waals surface area contributed by atoms with Crippen LogP contribution in [-0.4, -0.2) is 16.7 Å². The summed E-state index contributed by atoms with van der Waals surface area (Å²) in [5.41, 5.74) is 3.99. The zero-order valence-corrected chi connectivity index (χ0v) is 16.6. The van der Waals surface area contributed by atoms with E-state index < -0.39 is 0 Å². The van der Waals surface area contributed by atoms with E-state index in [-0.39, 0.29) is 5.82 Å². The number of aromatic nitrogens is 2. The van der Waals surface area contributed by atoms with Crippen LogP contribution in [0.15, 0.2) is 60.4 Å². The number of imidazole rings is 1. The van der Waals surface area contributed by atoms with Crippen molar-refractivity contribution >= 4 is 18.0 Å². The summed E-state index contributed by atoms with van der Waals surface area (Å²) in [6.45, 7) is 2.62. The summed E-state index contributed by atoms with van der Waals surface area (Å²) in [5, 5.41) is 1.97. The average molecular weight is 396 g/mol. The normalized spacial score (nSPS) is 10.5. The van der Waals surface area contributed by atoms with Crippen molar-refractivity contribution in [3.8, 4) is 24.3 Å². The van der Waals surface area contributed by atoms with Gasteiger partial charge in [0.15, 0.2) is 0 Å². The third-order valence-electron chi connectivity index (χ3n) is 3.80. The Hall–Kier alpha value is -3.01. The Morgan fingerprint density at radius 2 is 1.96 bits per heavy atom. The molecule has 3 rings (SSSR count). The predicted molar refractivity (Wildman–Crippen MR) is 115 cm³/mol. The van der Waals surface area contributed by atoms with Crippen molar-refractivity contribution in [1.82, 2.24) is 14.3 Å². The molecule has 1 aromatic heterocycles. The third-order valence-corrected chi connectivity index (χ3v) is 4.38. The highest BCUT2D eigenvalue weighted by Crippen LogP contribution is 2.25. The Bertz CT molecular complexity index is 932. The molecule has 0 aliphatic rings. The lowest BCUT2D eigenvalue weighted by molar-refractivity contribution is 0.413. The second-order valence-corrected chi connectivity index (χ2v) is 6.52. The number of halogens is 1. The highest BCUT2D eigenvalue weighted by Gasteiger charge is 2.06. The summed E-state index contributed by atoms with van der Waals surface area (Å²) >= 11 is 1.48. The lowest BCUT2D eigenvalue weighted by atomic mass is 10.2. The van der Waals surface area contributed by atoms with Crippen LogP contribution in [0.2, 0.25) is 0 Å². The van der Waals surface area contributed by atoms with Crippen LogP contribution in [0.1, 0.15) is 16.8 Å². The van der Waals surface area contributed by atoms with Crippen molar-refractivity contribution in [2.45, 2.75) is 13.5 Å². The molecule has 1 heterocycles. The molecule has 3 aromatic rings. The van der Waals surface area contributed by atoms with E-state index >= 15 is 0 Å². The van der Waals surface area contributed by atoms with E-state index in [1.807, 2.05) is 47.4 Å². The summed E-state index contributed by atoms with van der Waals surface area (Å²) < 4.78 is 23.5. The van der Waals surface area contributed by atoms with Gasteiger partial charge in [0.2, 0.25) is 0 Å². The van der Waals surface area contributed by atoms with Gasteiger partial charge in [-0.15, -0.1) is 12.8 Å². The van der Waals surface area contributed by atoms with Crippen LogP contribution < -0.4 is 9.46 Å². The number of nitrogens with zero attached hydrogens (tertiary/aromatic N) is 2. The third kappa shape index (κ3) is 6.02. The number of rotatable bonds is 7. The monoisotopic (exact) mass is 395 g/mol. The van der Waals surface area contributed by atoms with Crippen molar-refractivity contribution in [2.75, 3.05) is 7.11 Å². The van der Waals surface area contributed by atoms with Gasteiger partial charge in [-0.25, -0.2) is 9.37 Å². The highest BCUT2D eigenvalue weighted by molar-refractivity contribution is 8.00. The number of ether oxygens (including phenoxy) is 1. The lowest BCUT2D eigenvalue weighted by Crippen LogP contribution is -2.01. The maximum absolute atomic E-state index is 12.9. The van der Waals surface area contributed by atoms with Crippen LogP contribution in [0.3, 0.4) is 0 Å². The van der Waals surface area contributed by atoms with E-state index in [1.54, 1.807) is 25.6 Å². The molecule has 0 aliphatic carbocycles. The van der Waals surface area contributed by atoms with Crippen LogP contribution in [0.4, 0.5) is 4.39 Å². The van der Waals surface area contributed by atoms with Gasteiger partial charge in [0.05, 0.1) is 24.8 Å². The van der Waals surface area contributed by atoms with Crippen LogP contribution in [-0.2, 0) is 6.54 Å². The largest absolute Gasteiger partial charge is 0.495 e. The number of methoxy groups -OCH3 is 1. The van der Waals surface area contributed by atoms with Crippen LogP contribution in [0.5, 0.6) is 5.75 Å². The van der Waals surface area contributed by atoms with Crippen LogP contribution in [0, 0.1) is 25.6 Å². The molecular formula is C22H22FN3OS. The molecule has 0 radical (unpaired) electrons. The van der Waals surface area contributed by atoms with E-state index in [4.69, 9.17) is 4.74 Å². The van der Waals surface area contributed by atoms with Gasteiger partial charge in [-0.1, -0.05) is 30.1 Å². The zero-order chi connectivity index (χ0) is 20.4. The Morgan fingerprint density at radius 1 is 1.21 bits per heavy atom. The summed E-state index contributed by atoms with van der Waals surface area (Å²) in [6, 6.07) is 12.5. The maximum Gasteiger partial charge on any atom is 0.143 e. The van der Waals surface area contributed by atoms with E-state index in [2.05, 4.69) is 22.6 Å². The molecule has 144 valence electrons. The molecule has 0 saturated carbocycles. The number of hydrogen-bond acceptors (Lipinski definition) is 4. The molecule has 0 bridgehead atoms. The Morgan fingerprint density at radius 3 is 2.61 bits per heavy atom. The topological polar surface area (TPSA) is 39.1 Å². The van der Waals surface area contributed by atoms with Gasteiger partial charge in [0.1, 0.15) is 11.6 Å². The first kappa shape index (κ1) is 21.3. The molecule has 1 N–H and O–H groups in total. The van der Waals surface area contributed by atoms with E-state index in [1.165, 1.54) is 24.1 Å². The number of terminal acetylenes is 1. The van der Waals surface area contributed by atoms with Gasteiger partial charge in [-0.05, 0) is 53.8 Å². The molecule has 0 aliphatic heterocycles. The number of nitrogens with one attached hydrogen (secondary N) is 1. The molecule has 28 heavy (non-hydrogen) atoms. The fraction of sp³-hybridized carbons (Fsp3) is 0.136. The number of hydrogen-bond donors (Lipinski definition) is 1. The molecule has 0 amide bonds. The Kier molecular flexibility index (Phi) is 8.35. The Labute approximate surface area is 169 Å². The van der Waals surface area contributed by atoms with Crippen molar-refractivity contribution in [3.05, 3.63) is 83.0 Å². The fourth-order valence-corrected chi connectivity index (χ4v) is 3.02. The predicted octanol–water partition coefficient (Wildman–Crippen LogP) is 4.99.